The number of nitrogen functional groups attached to an aromatic ring is 1. The molecule has 20 heavy (non-hydrogen) atoms. The molecule has 0 aliphatic carbocycles. The van der Waals surface area contributed by atoms with Crippen LogP contribution in [0.5, 0.6) is 0 Å². The molecule has 0 aliphatic heterocycles. The molecular formula is C16H26N4. The van der Waals surface area contributed by atoms with Gasteiger partial charge in [-0.05, 0) is 51.5 Å². The highest BCUT2D eigenvalue weighted by molar-refractivity contribution is 5.58. The van der Waals surface area contributed by atoms with E-state index < -0.39 is 0 Å². The first-order valence-electron chi connectivity index (χ1n) is 7.20. The Hall–Kier alpha value is -1.73. The maximum atomic E-state index is 8.77. The third-order valence-corrected chi connectivity index (χ3v) is 3.44. The molecule has 110 valence electrons. The van der Waals surface area contributed by atoms with Crippen molar-refractivity contribution < 1.29 is 0 Å². The van der Waals surface area contributed by atoms with Crippen molar-refractivity contribution in [3.05, 3.63) is 23.8 Å². The molecule has 0 aromatic heterocycles. The topological polar surface area (TPSA) is 65.1 Å². The lowest BCUT2D eigenvalue weighted by atomic mass is 10.1. The summed E-state index contributed by atoms with van der Waals surface area (Å²) in [4.78, 5) is 2.44. The molecule has 0 saturated heterocycles. The Kier molecular flexibility index (Phi) is 6.33. The molecular weight excluding hydrogens is 248 g/mol. The van der Waals surface area contributed by atoms with Crippen molar-refractivity contribution in [2.45, 2.75) is 46.2 Å². The van der Waals surface area contributed by atoms with Crippen molar-refractivity contribution >= 4 is 11.4 Å². The number of rotatable bonds is 7. The van der Waals surface area contributed by atoms with E-state index in [1.807, 2.05) is 18.2 Å². The summed E-state index contributed by atoms with van der Waals surface area (Å²) in [5.41, 5.74) is 8.44. The number of anilines is 2. The molecule has 0 radical (unpaired) electrons. The van der Waals surface area contributed by atoms with Crippen molar-refractivity contribution in [3.63, 3.8) is 0 Å². The fourth-order valence-corrected chi connectivity index (χ4v) is 2.40. The van der Waals surface area contributed by atoms with E-state index in [4.69, 9.17) is 11.0 Å². The van der Waals surface area contributed by atoms with E-state index in [-0.39, 0.29) is 0 Å². The van der Waals surface area contributed by atoms with Gasteiger partial charge in [-0.1, -0.05) is 0 Å². The Balaban J connectivity index is 2.58. The number of nitrogens with two attached hydrogens (primary N) is 1. The predicted octanol–water partition coefficient (Wildman–Crippen LogP) is 2.87. The average molecular weight is 274 g/mol. The summed E-state index contributed by atoms with van der Waals surface area (Å²) in [5, 5.41) is 12.2. The molecule has 0 fully saturated rings. The minimum absolute atomic E-state index is 0.353. The lowest BCUT2D eigenvalue weighted by molar-refractivity contribution is 0.182. The van der Waals surface area contributed by atoms with Gasteiger partial charge in [0.15, 0.2) is 0 Å². The normalized spacial score (nSPS) is 11.1. The molecule has 0 bridgehead atoms. The summed E-state index contributed by atoms with van der Waals surface area (Å²) in [6.07, 6.45) is 0.353. The Morgan fingerprint density at radius 2 is 1.90 bits per heavy atom. The average Bonchev–Trinajstić information content (AvgIpc) is 2.37. The summed E-state index contributed by atoms with van der Waals surface area (Å²) in [6, 6.07) is 9.01. The minimum Gasteiger partial charge on any atom is -0.398 e. The van der Waals surface area contributed by atoms with Gasteiger partial charge in [-0.2, -0.15) is 5.26 Å². The lowest BCUT2D eigenvalue weighted by Crippen LogP contribution is -2.40. The van der Waals surface area contributed by atoms with Crippen molar-refractivity contribution in [1.82, 2.24) is 4.90 Å². The summed E-state index contributed by atoms with van der Waals surface area (Å²) in [5.74, 6) is 0. The highest BCUT2D eigenvalue weighted by atomic mass is 15.2. The van der Waals surface area contributed by atoms with Crippen LogP contribution in [0.2, 0.25) is 0 Å². The van der Waals surface area contributed by atoms with Gasteiger partial charge < -0.3 is 11.1 Å². The molecule has 4 heteroatoms. The molecule has 0 saturated carbocycles. The van der Waals surface area contributed by atoms with Crippen LogP contribution in [0.25, 0.3) is 0 Å². The molecule has 1 aromatic rings. The van der Waals surface area contributed by atoms with Crippen LogP contribution in [0, 0.1) is 11.3 Å². The van der Waals surface area contributed by atoms with E-state index in [2.05, 4.69) is 44.0 Å². The number of nitrogens with one attached hydrogen (secondary N) is 1. The van der Waals surface area contributed by atoms with Gasteiger partial charge in [-0.3, -0.25) is 4.90 Å². The molecule has 1 aromatic carbocycles. The van der Waals surface area contributed by atoms with Crippen LogP contribution in [0.15, 0.2) is 18.2 Å². The van der Waals surface area contributed by atoms with Crippen LogP contribution in [-0.4, -0.2) is 30.1 Å². The Morgan fingerprint density at radius 3 is 2.45 bits per heavy atom. The van der Waals surface area contributed by atoms with E-state index in [9.17, 15) is 0 Å². The van der Waals surface area contributed by atoms with Crippen LogP contribution < -0.4 is 11.1 Å². The van der Waals surface area contributed by atoms with Gasteiger partial charge in [0, 0.05) is 36.5 Å². The standard InChI is InChI=1S/C16H26N4/c1-12(2)20(13(3)4)10-9-19-15-5-6-16(18)14(11-15)7-8-17/h5-6,11-13,19H,7,9-10,18H2,1-4H3. The van der Waals surface area contributed by atoms with Gasteiger partial charge in [0.1, 0.15) is 0 Å². The molecule has 0 aliphatic rings. The van der Waals surface area contributed by atoms with Gasteiger partial charge in [0.05, 0.1) is 12.5 Å². The van der Waals surface area contributed by atoms with Gasteiger partial charge >= 0.3 is 0 Å². The molecule has 0 unspecified atom stereocenters. The zero-order valence-electron chi connectivity index (χ0n) is 13.0. The second kappa shape index (κ2) is 7.76. The number of nitriles is 1. The third-order valence-electron chi connectivity index (χ3n) is 3.44. The fourth-order valence-electron chi connectivity index (χ4n) is 2.40. The second-order valence-electron chi connectivity index (χ2n) is 5.60. The largest absolute Gasteiger partial charge is 0.398 e. The maximum absolute atomic E-state index is 8.77. The van der Waals surface area contributed by atoms with Crippen LogP contribution in [-0.2, 0) is 6.42 Å². The molecule has 3 N–H and O–H groups in total. The van der Waals surface area contributed by atoms with Crippen LogP contribution in [0.1, 0.15) is 33.3 Å². The fraction of sp³-hybridized carbons (Fsp3) is 0.562. The van der Waals surface area contributed by atoms with E-state index in [0.29, 0.717) is 24.2 Å². The summed E-state index contributed by atoms with van der Waals surface area (Å²) >= 11 is 0. The first-order chi connectivity index (χ1) is 9.45. The van der Waals surface area contributed by atoms with Crippen molar-refractivity contribution in [1.29, 1.82) is 5.26 Å². The van der Waals surface area contributed by atoms with Gasteiger partial charge in [0.25, 0.3) is 0 Å². The predicted molar refractivity (Wildman–Crippen MR) is 85.6 cm³/mol. The Morgan fingerprint density at radius 1 is 1.25 bits per heavy atom. The Bertz CT molecular complexity index is 452. The summed E-state index contributed by atoms with van der Waals surface area (Å²) < 4.78 is 0. The first kappa shape index (κ1) is 16.3. The van der Waals surface area contributed by atoms with E-state index in [1.54, 1.807) is 0 Å². The molecule has 1 rings (SSSR count). The summed E-state index contributed by atoms with van der Waals surface area (Å²) in [6.45, 7) is 10.7. The number of hydrogen-bond acceptors (Lipinski definition) is 4. The maximum Gasteiger partial charge on any atom is 0.0670 e. The number of benzene rings is 1. The van der Waals surface area contributed by atoms with Gasteiger partial charge in [-0.15, -0.1) is 0 Å². The minimum atomic E-state index is 0.353. The zero-order chi connectivity index (χ0) is 15.1. The molecule has 0 atom stereocenters. The van der Waals surface area contributed by atoms with Gasteiger partial charge in [0.2, 0.25) is 0 Å². The zero-order valence-corrected chi connectivity index (χ0v) is 13.0. The smallest absolute Gasteiger partial charge is 0.0670 e. The third kappa shape index (κ3) is 4.75. The highest BCUT2D eigenvalue weighted by Crippen LogP contribution is 2.18. The van der Waals surface area contributed by atoms with Crippen molar-refractivity contribution in [3.8, 4) is 6.07 Å². The SMILES string of the molecule is CC(C)N(CCNc1ccc(N)c(CC#N)c1)C(C)C. The quantitative estimate of drug-likeness (QED) is 0.750. The van der Waals surface area contributed by atoms with Crippen LogP contribution >= 0.6 is 0 Å². The Labute approximate surface area is 122 Å². The van der Waals surface area contributed by atoms with E-state index >= 15 is 0 Å². The summed E-state index contributed by atoms with van der Waals surface area (Å²) in [7, 11) is 0. The van der Waals surface area contributed by atoms with Crippen LogP contribution in [0.3, 0.4) is 0 Å². The van der Waals surface area contributed by atoms with E-state index in [1.165, 1.54) is 0 Å². The number of nitrogens with zero attached hydrogens (tertiary/aromatic N) is 2. The lowest BCUT2D eigenvalue weighted by Gasteiger charge is -2.30. The monoisotopic (exact) mass is 274 g/mol. The first-order valence-corrected chi connectivity index (χ1v) is 7.20. The number of hydrogen-bond donors (Lipinski definition) is 2. The van der Waals surface area contributed by atoms with Crippen molar-refractivity contribution in [2.24, 2.45) is 0 Å². The van der Waals surface area contributed by atoms with Gasteiger partial charge in [-0.25, -0.2) is 0 Å². The highest BCUT2D eigenvalue weighted by Gasteiger charge is 2.12. The molecule has 4 nitrogen and oxygen atoms in total. The van der Waals surface area contributed by atoms with E-state index in [0.717, 1.165) is 24.3 Å². The second-order valence-corrected chi connectivity index (χ2v) is 5.60. The van der Waals surface area contributed by atoms with Crippen LogP contribution in [0.4, 0.5) is 11.4 Å². The van der Waals surface area contributed by atoms with Crippen molar-refractivity contribution in [2.75, 3.05) is 24.1 Å². The molecule has 0 heterocycles. The molecule has 0 spiro atoms. The molecule has 0 amide bonds.